The first-order valence-electron chi connectivity index (χ1n) is 6.22. The van der Waals surface area contributed by atoms with Crippen LogP contribution in [0.15, 0.2) is 46.9 Å². The fourth-order valence-electron chi connectivity index (χ4n) is 1.99. The molecule has 21 heavy (non-hydrogen) atoms. The van der Waals surface area contributed by atoms with Crippen LogP contribution in [0.1, 0.15) is 5.82 Å². The fraction of sp³-hybridized carbons (Fsp3) is 0.154. The second kappa shape index (κ2) is 5.76. The van der Waals surface area contributed by atoms with E-state index in [1.807, 2.05) is 28.8 Å². The fourth-order valence-corrected chi connectivity index (χ4v) is 4.55. The van der Waals surface area contributed by atoms with Gasteiger partial charge in [-0.3, -0.25) is 0 Å². The van der Waals surface area contributed by atoms with Crippen molar-refractivity contribution >= 4 is 38.5 Å². The van der Waals surface area contributed by atoms with Crippen LogP contribution >= 0.6 is 22.9 Å². The molecule has 0 spiro atoms. The van der Waals surface area contributed by atoms with E-state index >= 15 is 0 Å². The Morgan fingerprint density at radius 2 is 2.14 bits per heavy atom. The molecule has 5 nitrogen and oxygen atoms in total. The molecule has 0 atom stereocenters. The molecule has 3 aromatic heterocycles. The van der Waals surface area contributed by atoms with E-state index in [0.29, 0.717) is 10.8 Å². The van der Waals surface area contributed by atoms with E-state index < -0.39 is 10.0 Å². The van der Waals surface area contributed by atoms with Crippen LogP contribution in [0.25, 0.3) is 5.52 Å². The van der Waals surface area contributed by atoms with Crippen molar-refractivity contribution in [2.45, 2.75) is 10.6 Å². The smallest absolute Gasteiger partial charge is 0.250 e. The molecule has 0 unspecified atom stereocenters. The molecule has 8 heteroatoms. The predicted octanol–water partition coefficient (Wildman–Crippen LogP) is 2.57. The largest absolute Gasteiger partial charge is 0.304 e. The second-order valence-corrected chi connectivity index (χ2v) is 8.09. The lowest BCUT2D eigenvalue weighted by Gasteiger charge is -2.04. The topological polar surface area (TPSA) is 63.5 Å². The summed E-state index contributed by atoms with van der Waals surface area (Å²) in [5.74, 6) is 0.817. The van der Waals surface area contributed by atoms with Crippen molar-refractivity contribution in [2.24, 2.45) is 0 Å². The number of nitrogens with one attached hydrogen (secondary N) is 1. The Morgan fingerprint density at radius 3 is 2.90 bits per heavy atom. The molecule has 3 heterocycles. The zero-order valence-corrected chi connectivity index (χ0v) is 13.2. The van der Waals surface area contributed by atoms with Crippen LogP contribution in [0.4, 0.5) is 0 Å². The first-order chi connectivity index (χ1) is 10.1. The van der Waals surface area contributed by atoms with Gasteiger partial charge in [0.25, 0.3) is 0 Å². The van der Waals surface area contributed by atoms with Gasteiger partial charge in [-0.05, 0) is 24.3 Å². The molecule has 0 fully saturated rings. The number of aromatic nitrogens is 2. The standard InChI is InChI=1S/C13H12ClN3O2S2/c14-11-4-5-13(20-11)21(18,19)16-7-6-12-15-9-10-3-1-2-8-17(10)12/h1-5,8-9,16H,6-7H2. The highest BCUT2D eigenvalue weighted by atomic mass is 35.5. The Labute approximate surface area is 131 Å². The molecule has 110 valence electrons. The Kier molecular flexibility index (Phi) is 3.99. The van der Waals surface area contributed by atoms with Gasteiger partial charge in [0.05, 0.1) is 16.0 Å². The molecule has 0 saturated heterocycles. The molecule has 0 radical (unpaired) electrons. The summed E-state index contributed by atoms with van der Waals surface area (Å²) < 4.78 is 29.3. The van der Waals surface area contributed by atoms with E-state index in [2.05, 4.69) is 9.71 Å². The molecule has 3 rings (SSSR count). The van der Waals surface area contributed by atoms with Gasteiger partial charge in [-0.1, -0.05) is 17.7 Å². The molecule has 1 N–H and O–H groups in total. The average molecular weight is 342 g/mol. The minimum atomic E-state index is -3.50. The highest BCUT2D eigenvalue weighted by Gasteiger charge is 2.16. The number of fused-ring (bicyclic) bond motifs is 1. The van der Waals surface area contributed by atoms with Gasteiger partial charge in [-0.2, -0.15) is 0 Å². The van der Waals surface area contributed by atoms with E-state index in [0.717, 1.165) is 22.7 Å². The van der Waals surface area contributed by atoms with Crippen LogP contribution in [0.2, 0.25) is 4.34 Å². The van der Waals surface area contributed by atoms with E-state index in [9.17, 15) is 8.42 Å². The van der Waals surface area contributed by atoms with Gasteiger partial charge in [0.2, 0.25) is 10.0 Å². The summed E-state index contributed by atoms with van der Waals surface area (Å²) >= 11 is 6.80. The summed E-state index contributed by atoms with van der Waals surface area (Å²) in [7, 11) is -3.50. The lowest BCUT2D eigenvalue weighted by molar-refractivity contribution is 0.583. The number of rotatable bonds is 5. The van der Waals surface area contributed by atoms with Gasteiger partial charge in [0.1, 0.15) is 10.0 Å². The highest BCUT2D eigenvalue weighted by Crippen LogP contribution is 2.25. The third-order valence-corrected chi connectivity index (χ3v) is 6.15. The number of hydrogen-bond acceptors (Lipinski definition) is 4. The minimum Gasteiger partial charge on any atom is -0.304 e. The first-order valence-corrected chi connectivity index (χ1v) is 8.90. The molecule has 0 aromatic carbocycles. The van der Waals surface area contributed by atoms with Crippen LogP contribution in [0.3, 0.4) is 0 Å². The number of nitrogens with zero attached hydrogens (tertiary/aromatic N) is 2. The Morgan fingerprint density at radius 1 is 1.29 bits per heavy atom. The van der Waals surface area contributed by atoms with Crippen molar-refractivity contribution in [3.8, 4) is 0 Å². The zero-order chi connectivity index (χ0) is 14.9. The minimum absolute atomic E-state index is 0.223. The third-order valence-electron chi connectivity index (χ3n) is 2.97. The van der Waals surface area contributed by atoms with Gasteiger partial charge in [-0.25, -0.2) is 18.1 Å². The number of pyridine rings is 1. The lowest BCUT2D eigenvalue weighted by Crippen LogP contribution is -2.25. The van der Waals surface area contributed by atoms with Crippen LogP contribution in [0, 0.1) is 0 Å². The molecule has 0 aliphatic rings. The Balaban J connectivity index is 1.69. The number of hydrogen-bond donors (Lipinski definition) is 1. The maximum atomic E-state index is 12.1. The van der Waals surface area contributed by atoms with Crippen LogP contribution in [-0.2, 0) is 16.4 Å². The number of sulfonamides is 1. The summed E-state index contributed by atoms with van der Waals surface area (Å²) in [6.45, 7) is 0.284. The van der Waals surface area contributed by atoms with Crippen LogP contribution < -0.4 is 4.72 Å². The van der Waals surface area contributed by atoms with E-state index in [1.165, 1.54) is 6.07 Å². The van der Waals surface area contributed by atoms with Gasteiger partial charge in [-0.15, -0.1) is 11.3 Å². The summed E-state index contributed by atoms with van der Waals surface area (Å²) in [6, 6.07) is 8.87. The van der Waals surface area contributed by atoms with E-state index in [-0.39, 0.29) is 10.8 Å². The summed E-state index contributed by atoms with van der Waals surface area (Å²) in [4.78, 5) is 4.30. The van der Waals surface area contributed by atoms with Crippen LogP contribution in [0.5, 0.6) is 0 Å². The van der Waals surface area contributed by atoms with E-state index in [1.54, 1.807) is 12.3 Å². The van der Waals surface area contributed by atoms with Crippen molar-refractivity contribution in [1.29, 1.82) is 0 Å². The van der Waals surface area contributed by atoms with Gasteiger partial charge in [0.15, 0.2) is 0 Å². The molecule has 3 aromatic rings. The van der Waals surface area contributed by atoms with Crippen molar-refractivity contribution in [1.82, 2.24) is 14.1 Å². The first kappa shape index (κ1) is 14.5. The number of imidazole rings is 1. The van der Waals surface area contributed by atoms with Crippen molar-refractivity contribution < 1.29 is 8.42 Å². The van der Waals surface area contributed by atoms with Gasteiger partial charge < -0.3 is 4.40 Å². The summed E-state index contributed by atoms with van der Waals surface area (Å²) in [5, 5.41) is 0. The summed E-state index contributed by atoms with van der Waals surface area (Å²) in [6.07, 6.45) is 4.19. The zero-order valence-electron chi connectivity index (χ0n) is 10.9. The molecule has 0 aliphatic heterocycles. The van der Waals surface area contributed by atoms with Gasteiger partial charge in [0, 0.05) is 19.2 Å². The van der Waals surface area contributed by atoms with Gasteiger partial charge >= 0.3 is 0 Å². The molecule has 0 aliphatic carbocycles. The van der Waals surface area contributed by atoms with Crippen molar-refractivity contribution in [3.63, 3.8) is 0 Å². The van der Waals surface area contributed by atoms with Crippen molar-refractivity contribution in [2.75, 3.05) is 6.54 Å². The molecular weight excluding hydrogens is 330 g/mol. The SMILES string of the molecule is O=S(=O)(NCCc1ncc2ccccn12)c1ccc(Cl)s1. The normalized spacial score (nSPS) is 12.0. The molecular formula is C13H12ClN3O2S2. The monoisotopic (exact) mass is 341 g/mol. The number of thiophene rings is 1. The second-order valence-electron chi connectivity index (χ2n) is 4.38. The van der Waals surface area contributed by atoms with Crippen LogP contribution in [-0.4, -0.2) is 24.3 Å². The maximum Gasteiger partial charge on any atom is 0.250 e. The van der Waals surface area contributed by atoms with Crippen molar-refractivity contribution in [3.05, 3.63) is 52.9 Å². The van der Waals surface area contributed by atoms with E-state index in [4.69, 9.17) is 11.6 Å². The Hall–Kier alpha value is -1.41. The average Bonchev–Trinajstić information content (AvgIpc) is 3.06. The molecule has 0 bridgehead atoms. The highest BCUT2D eigenvalue weighted by molar-refractivity contribution is 7.91. The number of halogens is 1. The summed E-state index contributed by atoms with van der Waals surface area (Å²) in [5.41, 5.74) is 0.986. The quantitative estimate of drug-likeness (QED) is 0.775. The third kappa shape index (κ3) is 3.11. The Bertz CT molecular complexity index is 870. The lowest BCUT2D eigenvalue weighted by atomic mass is 10.4. The molecule has 0 saturated carbocycles. The molecule has 0 amide bonds. The maximum absolute atomic E-state index is 12.1. The predicted molar refractivity (Wildman–Crippen MR) is 83.4 cm³/mol.